The molecule has 1 aromatic rings. The number of nitrogens with zero attached hydrogens (tertiary/aromatic N) is 2. The Morgan fingerprint density at radius 2 is 1.97 bits per heavy atom. The minimum atomic E-state index is -0.844. The summed E-state index contributed by atoms with van der Waals surface area (Å²) in [5.41, 5.74) is 0.909. The van der Waals surface area contributed by atoms with Gasteiger partial charge in [0.1, 0.15) is 12.1 Å². The number of nitriles is 1. The van der Waals surface area contributed by atoms with Gasteiger partial charge in [-0.25, -0.2) is 9.69 Å². The molecule has 0 heterocycles. The second kappa shape index (κ2) is 10.8. The number of hydrogen-bond acceptors (Lipinski definition) is 4. The molecular formula is C23H33N3O3. The van der Waals surface area contributed by atoms with Crippen molar-refractivity contribution >= 4 is 12.0 Å². The Bertz CT molecular complexity index is 714. The first kappa shape index (κ1) is 22.7. The second-order valence-corrected chi connectivity index (χ2v) is 8.34. The van der Waals surface area contributed by atoms with E-state index in [0.717, 1.165) is 29.7 Å². The topological polar surface area (TPSA) is 82.4 Å². The summed E-state index contributed by atoms with van der Waals surface area (Å²) < 4.78 is 5.80. The minimum absolute atomic E-state index is 0.149. The van der Waals surface area contributed by atoms with E-state index in [2.05, 4.69) is 26.1 Å². The van der Waals surface area contributed by atoms with Crippen LogP contribution in [0.4, 0.5) is 4.79 Å². The van der Waals surface area contributed by atoms with Crippen molar-refractivity contribution in [2.24, 2.45) is 17.8 Å². The average Bonchev–Trinajstić information content (AvgIpc) is 2.69. The van der Waals surface area contributed by atoms with Crippen molar-refractivity contribution in [2.45, 2.75) is 65.5 Å². The number of nitrogens with one attached hydrogen (secondary N) is 1. The molecule has 1 aromatic carbocycles. The predicted octanol–water partition coefficient (Wildman–Crippen LogP) is 4.11. The van der Waals surface area contributed by atoms with Crippen LogP contribution in [0.25, 0.3) is 0 Å². The zero-order chi connectivity index (χ0) is 21.4. The summed E-state index contributed by atoms with van der Waals surface area (Å²) in [7, 11) is 0. The maximum Gasteiger partial charge on any atom is 0.408 e. The fourth-order valence-corrected chi connectivity index (χ4v) is 4.08. The summed E-state index contributed by atoms with van der Waals surface area (Å²) >= 11 is 0. The van der Waals surface area contributed by atoms with E-state index in [1.165, 1.54) is 0 Å². The summed E-state index contributed by atoms with van der Waals surface area (Å²) in [5, 5.41) is 12.0. The van der Waals surface area contributed by atoms with Crippen molar-refractivity contribution in [3.63, 3.8) is 0 Å². The van der Waals surface area contributed by atoms with E-state index in [0.29, 0.717) is 24.2 Å². The molecular weight excluding hydrogens is 366 g/mol. The van der Waals surface area contributed by atoms with Gasteiger partial charge in [-0.2, -0.15) is 5.26 Å². The number of ether oxygens (including phenoxy) is 1. The highest BCUT2D eigenvalue weighted by molar-refractivity contribution is 5.87. The molecule has 1 aliphatic rings. The van der Waals surface area contributed by atoms with Gasteiger partial charge in [0.15, 0.2) is 6.19 Å². The van der Waals surface area contributed by atoms with E-state index in [9.17, 15) is 14.9 Å². The molecule has 0 aliphatic heterocycles. The van der Waals surface area contributed by atoms with Crippen LogP contribution in [0.1, 0.15) is 52.5 Å². The lowest BCUT2D eigenvalue weighted by atomic mass is 9.75. The molecule has 1 N–H and O–H groups in total. The first-order chi connectivity index (χ1) is 13.8. The molecule has 0 aromatic heterocycles. The Kier molecular flexibility index (Phi) is 8.50. The fourth-order valence-electron chi connectivity index (χ4n) is 4.08. The zero-order valence-corrected chi connectivity index (χ0v) is 17.9. The van der Waals surface area contributed by atoms with Crippen LogP contribution >= 0.6 is 0 Å². The van der Waals surface area contributed by atoms with Crippen LogP contribution in [0, 0.1) is 29.2 Å². The monoisotopic (exact) mass is 399 g/mol. The van der Waals surface area contributed by atoms with Gasteiger partial charge in [-0.1, -0.05) is 57.5 Å². The SMILES string of the molecule is CCN(C#N)C(=O)C(Cc1ccccc1)NC(=O)OC1CC(C)CCC1C(C)C. The first-order valence-corrected chi connectivity index (χ1v) is 10.6. The number of hydrogen-bond donors (Lipinski definition) is 1. The van der Waals surface area contributed by atoms with Gasteiger partial charge in [-0.15, -0.1) is 0 Å². The van der Waals surface area contributed by atoms with Crippen LogP contribution in [0.5, 0.6) is 0 Å². The van der Waals surface area contributed by atoms with Gasteiger partial charge in [0.2, 0.25) is 0 Å². The van der Waals surface area contributed by atoms with Gasteiger partial charge in [0, 0.05) is 13.0 Å². The number of likely N-dealkylation sites (N-methyl/N-ethyl adjacent to an activating group) is 1. The number of carbonyl (C=O) groups excluding carboxylic acids is 2. The molecule has 1 fully saturated rings. The largest absolute Gasteiger partial charge is 0.446 e. The molecule has 4 unspecified atom stereocenters. The van der Waals surface area contributed by atoms with Crippen LogP contribution in [0.15, 0.2) is 30.3 Å². The van der Waals surface area contributed by atoms with Crippen molar-refractivity contribution in [1.29, 1.82) is 5.26 Å². The number of amides is 2. The molecule has 1 saturated carbocycles. The number of alkyl carbamates (subject to hydrolysis) is 1. The number of rotatable bonds is 7. The Balaban J connectivity index is 2.11. The Morgan fingerprint density at radius 3 is 2.55 bits per heavy atom. The second-order valence-electron chi connectivity index (χ2n) is 8.34. The molecule has 4 atom stereocenters. The van der Waals surface area contributed by atoms with Crippen molar-refractivity contribution in [1.82, 2.24) is 10.2 Å². The summed E-state index contributed by atoms with van der Waals surface area (Å²) in [5.74, 6) is 0.842. The molecule has 0 spiro atoms. The maximum absolute atomic E-state index is 12.8. The van der Waals surface area contributed by atoms with E-state index in [1.807, 2.05) is 36.5 Å². The Hall–Kier alpha value is -2.55. The molecule has 2 rings (SSSR count). The highest BCUT2D eigenvalue weighted by Crippen LogP contribution is 2.35. The molecule has 158 valence electrons. The zero-order valence-electron chi connectivity index (χ0n) is 17.9. The highest BCUT2D eigenvalue weighted by atomic mass is 16.6. The van der Waals surface area contributed by atoms with Gasteiger partial charge >= 0.3 is 6.09 Å². The lowest BCUT2D eigenvalue weighted by molar-refractivity contribution is -0.130. The van der Waals surface area contributed by atoms with E-state index >= 15 is 0 Å². The molecule has 6 heteroatoms. The van der Waals surface area contributed by atoms with Crippen molar-refractivity contribution in [3.05, 3.63) is 35.9 Å². The maximum atomic E-state index is 12.8. The number of benzene rings is 1. The van der Waals surface area contributed by atoms with Gasteiger partial charge in [0.25, 0.3) is 5.91 Å². The third kappa shape index (κ3) is 6.49. The molecule has 6 nitrogen and oxygen atoms in total. The van der Waals surface area contributed by atoms with Gasteiger partial charge in [0.05, 0.1) is 0 Å². The lowest BCUT2D eigenvalue weighted by Crippen LogP contribution is -2.50. The van der Waals surface area contributed by atoms with E-state index in [1.54, 1.807) is 6.92 Å². The Labute approximate surface area is 174 Å². The Morgan fingerprint density at radius 1 is 1.28 bits per heavy atom. The van der Waals surface area contributed by atoms with E-state index < -0.39 is 18.0 Å². The first-order valence-electron chi connectivity index (χ1n) is 10.6. The van der Waals surface area contributed by atoms with Gasteiger partial charge < -0.3 is 10.1 Å². The van der Waals surface area contributed by atoms with Crippen molar-refractivity contribution < 1.29 is 14.3 Å². The summed E-state index contributed by atoms with van der Waals surface area (Å²) in [6.45, 7) is 8.48. The van der Waals surface area contributed by atoms with Crippen LogP contribution in [0.3, 0.4) is 0 Å². The smallest absolute Gasteiger partial charge is 0.408 e. The standard InChI is InChI=1S/C23H33N3O3/c1-5-26(15-24)22(27)20(14-18-9-7-6-8-10-18)25-23(28)29-21-13-17(4)11-12-19(21)16(2)3/h6-10,16-17,19-21H,5,11-14H2,1-4H3,(H,25,28). The third-order valence-corrected chi connectivity index (χ3v) is 5.80. The van der Waals surface area contributed by atoms with Gasteiger partial charge in [-0.3, -0.25) is 4.79 Å². The van der Waals surface area contributed by atoms with Crippen LogP contribution in [-0.2, 0) is 16.0 Å². The van der Waals surface area contributed by atoms with E-state index in [-0.39, 0.29) is 12.6 Å². The summed E-state index contributed by atoms with van der Waals surface area (Å²) in [6, 6.07) is 8.61. The number of carbonyl (C=O) groups is 2. The predicted molar refractivity (Wildman–Crippen MR) is 112 cm³/mol. The molecule has 1 aliphatic carbocycles. The molecule has 29 heavy (non-hydrogen) atoms. The van der Waals surface area contributed by atoms with E-state index in [4.69, 9.17) is 4.74 Å². The van der Waals surface area contributed by atoms with Crippen molar-refractivity contribution in [2.75, 3.05) is 6.54 Å². The van der Waals surface area contributed by atoms with Crippen molar-refractivity contribution in [3.8, 4) is 6.19 Å². The quantitative estimate of drug-likeness (QED) is 0.552. The lowest BCUT2D eigenvalue weighted by Gasteiger charge is -2.36. The van der Waals surface area contributed by atoms with Crippen LogP contribution in [-0.4, -0.2) is 35.6 Å². The molecule has 0 bridgehead atoms. The fraction of sp³-hybridized carbons (Fsp3) is 0.609. The highest BCUT2D eigenvalue weighted by Gasteiger charge is 2.34. The average molecular weight is 400 g/mol. The normalized spacial score (nSPS) is 22.4. The molecule has 0 saturated heterocycles. The third-order valence-electron chi connectivity index (χ3n) is 5.80. The molecule has 0 radical (unpaired) electrons. The van der Waals surface area contributed by atoms with Gasteiger partial charge in [-0.05, 0) is 43.1 Å². The van der Waals surface area contributed by atoms with Crippen LogP contribution < -0.4 is 5.32 Å². The minimum Gasteiger partial charge on any atom is -0.446 e. The molecule has 2 amide bonds. The summed E-state index contributed by atoms with van der Waals surface area (Å²) in [4.78, 5) is 26.6. The van der Waals surface area contributed by atoms with Crippen LogP contribution in [0.2, 0.25) is 0 Å². The summed E-state index contributed by atoms with van der Waals surface area (Å²) in [6.07, 6.45) is 4.49.